The lowest BCUT2D eigenvalue weighted by molar-refractivity contribution is 0.472. The predicted octanol–water partition coefficient (Wildman–Crippen LogP) is 3.37. The van der Waals surface area contributed by atoms with Crippen LogP contribution in [-0.2, 0) is 0 Å². The second-order valence-electron chi connectivity index (χ2n) is 4.51. The highest BCUT2D eigenvalue weighted by Crippen LogP contribution is 2.30. The average Bonchev–Trinajstić information content (AvgIpc) is 2.41. The quantitative estimate of drug-likeness (QED) is 0.886. The number of rotatable bonds is 4. The minimum absolute atomic E-state index is 0.520. The van der Waals surface area contributed by atoms with E-state index in [1.54, 1.807) is 6.20 Å². The zero-order valence-electron chi connectivity index (χ0n) is 10.7. The maximum atomic E-state index is 4.45. The molecule has 0 spiro atoms. The number of halogens is 1. The number of anilines is 2. The molecule has 18 heavy (non-hydrogen) atoms. The molecule has 0 bridgehead atoms. The largest absolute Gasteiger partial charge is 0.366 e. The SMILES string of the molecule is CNc1ncc(Br)c(NC2CCCC(SC)C2)n1. The number of hydrogen-bond acceptors (Lipinski definition) is 5. The minimum atomic E-state index is 0.520. The fraction of sp³-hybridized carbons (Fsp3) is 0.667. The van der Waals surface area contributed by atoms with E-state index in [0.717, 1.165) is 15.5 Å². The van der Waals surface area contributed by atoms with Gasteiger partial charge in [0.25, 0.3) is 0 Å². The topological polar surface area (TPSA) is 49.8 Å². The van der Waals surface area contributed by atoms with E-state index in [4.69, 9.17) is 0 Å². The molecule has 1 fully saturated rings. The van der Waals surface area contributed by atoms with Crippen molar-refractivity contribution in [3.63, 3.8) is 0 Å². The molecule has 100 valence electrons. The van der Waals surface area contributed by atoms with E-state index in [1.807, 2.05) is 18.8 Å². The zero-order valence-corrected chi connectivity index (χ0v) is 13.1. The zero-order chi connectivity index (χ0) is 13.0. The molecule has 2 unspecified atom stereocenters. The summed E-state index contributed by atoms with van der Waals surface area (Å²) in [6, 6.07) is 0.520. The first kappa shape index (κ1) is 13.9. The predicted molar refractivity (Wildman–Crippen MR) is 82.5 cm³/mol. The van der Waals surface area contributed by atoms with Crippen molar-refractivity contribution in [3.8, 4) is 0 Å². The Labute approximate surface area is 121 Å². The van der Waals surface area contributed by atoms with Gasteiger partial charge in [0.1, 0.15) is 5.82 Å². The van der Waals surface area contributed by atoms with Crippen LogP contribution in [0.15, 0.2) is 10.7 Å². The van der Waals surface area contributed by atoms with E-state index in [1.165, 1.54) is 25.7 Å². The Morgan fingerprint density at radius 3 is 3.00 bits per heavy atom. The van der Waals surface area contributed by atoms with Crippen molar-refractivity contribution in [2.45, 2.75) is 37.0 Å². The van der Waals surface area contributed by atoms with Crippen LogP contribution in [0.25, 0.3) is 0 Å². The molecule has 0 saturated heterocycles. The van der Waals surface area contributed by atoms with Crippen LogP contribution in [-0.4, -0.2) is 34.6 Å². The summed E-state index contributed by atoms with van der Waals surface area (Å²) in [6.07, 6.45) is 9.06. The van der Waals surface area contributed by atoms with Crippen LogP contribution < -0.4 is 10.6 Å². The lowest BCUT2D eigenvalue weighted by atomic mass is 9.95. The van der Waals surface area contributed by atoms with Crippen molar-refractivity contribution in [1.82, 2.24) is 9.97 Å². The number of hydrogen-bond donors (Lipinski definition) is 2. The van der Waals surface area contributed by atoms with Crippen LogP contribution in [0.5, 0.6) is 0 Å². The Morgan fingerprint density at radius 1 is 1.44 bits per heavy atom. The summed E-state index contributed by atoms with van der Waals surface area (Å²) in [5, 5.41) is 7.28. The van der Waals surface area contributed by atoms with Crippen molar-refractivity contribution in [1.29, 1.82) is 0 Å². The first-order valence-electron chi connectivity index (χ1n) is 6.22. The fourth-order valence-electron chi connectivity index (χ4n) is 2.27. The van der Waals surface area contributed by atoms with Gasteiger partial charge in [-0.15, -0.1) is 0 Å². The summed E-state index contributed by atoms with van der Waals surface area (Å²) in [4.78, 5) is 8.62. The van der Waals surface area contributed by atoms with E-state index in [9.17, 15) is 0 Å². The summed E-state index contributed by atoms with van der Waals surface area (Å²) in [5.74, 6) is 1.54. The maximum absolute atomic E-state index is 4.45. The molecule has 2 atom stereocenters. The van der Waals surface area contributed by atoms with Crippen LogP contribution >= 0.6 is 27.7 Å². The molecule has 1 saturated carbocycles. The van der Waals surface area contributed by atoms with Gasteiger partial charge in [-0.1, -0.05) is 6.42 Å². The molecule has 6 heteroatoms. The third kappa shape index (κ3) is 3.51. The van der Waals surface area contributed by atoms with Crippen molar-refractivity contribution in [2.75, 3.05) is 23.9 Å². The summed E-state index contributed by atoms with van der Waals surface area (Å²) in [7, 11) is 1.83. The lowest BCUT2D eigenvalue weighted by Crippen LogP contribution is -2.29. The maximum Gasteiger partial charge on any atom is 0.224 e. The van der Waals surface area contributed by atoms with Gasteiger partial charge in [-0.3, -0.25) is 0 Å². The third-order valence-electron chi connectivity index (χ3n) is 3.27. The van der Waals surface area contributed by atoms with Crippen LogP contribution in [0.2, 0.25) is 0 Å². The number of aromatic nitrogens is 2. The summed E-state index contributed by atoms with van der Waals surface area (Å²) in [5.41, 5.74) is 0. The van der Waals surface area contributed by atoms with Gasteiger partial charge < -0.3 is 10.6 Å². The molecular weight excluding hydrogens is 312 g/mol. The molecule has 0 aromatic carbocycles. The van der Waals surface area contributed by atoms with Gasteiger partial charge in [0.15, 0.2) is 0 Å². The third-order valence-corrected chi connectivity index (χ3v) is 4.94. The second-order valence-corrected chi connectivity index (χ2v) is 6.50. The standard InChI is InChI=1S/C12H19BrN4S/c1-14-12-15-7-10(13)11(17-12)16-8-4-3-5-9(6-8)18-2/h7-9H,3-6H2,1-2H3,(H2,14,15,16,17). The van der Waals surface area contributed by atoms with Gasteiger partial charge in [-0.2, -0.15) is 16.7 Å². The molecule has 1 heterocycles. The van der Waals surface area contributed by atoms with Crippen LogP contribution in [0.4, 0.5) is 11.8 Å². The molecular formula is C12H19BrN4S. The number of nitrogens with one attached hydrogen (secondary N) is 2. The van der Waals surface area contributed by atoms with Gasteiger partial charge in [0.2, 0.25) is 5.95 Å². The Morgan fingerprint density at radius 2 is 2.28 bits per heavy atom. The molecule has 4 nitrogen and oxygen atoms in total. The first-order valence-corrected chi connectivity index (χ1v) is 8.30. The highest BCUT2D eigenvalue weighted by atomic mass is 79.9. The smallest absolute Gasteiger partial charge is 0.224 e. The van der Waals surface area contributed by atoms with Gasteiger partial charge in [0.05, 0.1) is 4.47 Å². The van der Waals surface area contributed by atoms with Gasteiger partial charge in [0, 0.05) is 24.5 Å². The summed E-state index contributed by atoms with van der Waals surface area (Å²) < 4.78 is 0.924. The van der Waals surface area contributed by atoms with Crippen molar-refractivity contribution in [3.05, 3.63) is 10.7 Å². The van der Waals surface area contributed by atoms with E-state index in [0.29, 0.717) is 12.0 Å². The average molecular weight is 331 g/mol. The molecule has 1 aliphatic rings. The van der Waals surface area contributed by atoms with Crippen molar-refractivity contribution < 1.29 is 0 Å². The molecule has 0 radical (unpaired) electrons. The van der Waals surface area contributed by atoms with E-state index in [2.05, 4.69) is 42.8 Å². The molecule has 0 amide bonds. The lowest BCUT2D eigenvalue weighted by Gasteiger charge is -2.29. The van der Waals surface area contributed by atoms with Gasteiger partial charge in [-0.25, -0.2) is 4.98 Å². The summed E-state index contributed by atoms with van der Waals surface area (Å²) >= 11 is 5.47. The van der Waals surface area contributed by atoms with Crippen molar-refractivity contribution in [2.24, 2.45) is 0 Å². The Balaban J connectivity index is 2.04. The van der Waals surface area contributed by atoms with Gasteiger partial charge >= 0.3 is 0 Å². The summed E-state index contributed by atoms with van der Waals surface area (Å²) in [6.45, 7) is 0. The molecule has 1 aliphatic carbocycles. The van der Waals surface area contributed by atoms with Crippen LogP contribution in [0.1, 0.15) is 25.7 Å². The molecule has 0 aliphatic heterocycles. The highest BCUT2D eigenvalue weighted by Gasteiger charge is 2.22. The molecule has 2 N–H and O–H groups in total. The normalized spacial score (nSPS) is 23.7. The Bertz CT molecular complexity index is 402. The number of nitrogens with zero attached hydrogens (tertiary/aromatic N) is 2. The first-order chi connectivity index (χ1) is 8.72. The van der Waals surface area contributed by atoms with Crippen LogP contribution in [0.3, 0.4) is 0 Å². The van der Waals surface area contributed by atoms with Crippen molar-refractivity contribution >= 4 is 39.5 Å². The second kappa shape index (κ2) is 6.61. The monoisotopic (exact) mass is 330 g/mol. The Hall–Kier alpha value is -0.490. The minimum Gasteiger partial charge on any atom is -0.366 e. The Kier molecular flexibility index (Phi) is 5.12. The molecule has 1 aromatic heterocycles. The van der Waals surface area contributed by atoms with E-state index in [-0.39, 0.29) is 0 Å². The van der Waals surface area contributed by atoms with E-state index >= 15 is 0 Å². The van der Waals surface area contributed by atoms with E-state index < -0.39 is 0 Å². The number of thioether (sulfide) groups is 1. The molecule has 2 rings (SSSR count). The van der Waals surface area contributed by atoms with Gasteiger partial charge in [-0.05, 0) is 41.4 Å². The highest BCUT2D eigenvalue weighted by molar-refractivity contribution is 9.10. The van der Waals surface area contributed by atoms with Crippen LogP contribution in [0, 0.1) is 0 Å². The molecule has 1 aromatic rings. The fourth-order valence-corrected chi connectivity index (χ4v) is 3.40.